The van der Waals surface area contributed by atoms with Gasteiger partial charge in [-0.05, 0) is 30.2 Å². The van der Waals surface area contributed by atoms with Crippen LogP contribution in [0.3, 0.4) is 0 Å². The Kier molecular flexibility index (Phi) is 4.24. The van der Waals surface area contributed by atoms with Crippen molar-refractivity contribution in [1.82, 2.24) is 9.97 Å². The van der Waals surface area contributed by atoms with Crippen molar-refractivity contribution in [3.63, 3.8) is 0 Å². The molecule has 0 bridgehead atoms. The molecule has 0 aliphatic rings. The average Bonchev–Trinajstić information content (AvgIpc) is 3.12. The number of hydrogen-bond donors (Lipinski definition) is 2. The first kappa shape index (κ1) is 15.7. The van der Waals surface area contributed by atoms with E-state index in [9.17, 15) is 5.11 Å². The molecule has 3 nitrogen and oxygen atoms in total. The average molecular weight is 336 g/mol. The molecule has 4 aromatic rings. The summed E-state index contributed by atoms with van der Waals surface area (Å²) in [5, 5.41) is 9.75. The summed E-state index contributed by atoms with van der Waals surface area (Å²) in [5.74, 6) is 7.26. The summed E-state index contributed by atoms with van der Waals surface area (Å²) in [6.45, 7) is 0. The lowest BCUT2D eigenvalue weighted by Gasteiger charge is -1.97. The van der Waals surface area contributed by atoms with E-state index in [-0.39, 0.29) is 5.75 Å². The lowest BCUT2D eigenvalue weighted by molar-refractivity contribution is 0.475. The van der Waals surface area contributed by atoms with Gasteiger partial charge in [0.05, 0.1) is 0 Å². The Hall–Kier alpha value is -3.77. The second kappa shape index (κ2) is 7.00. The first-order valence-electron chi connectivity index (χ1n) is 8.31. The van der Waals surface area contributed by atoms with Crippen LogP contribution in [-0.4, -0.2) is 15.1 Å². The zero-order valence-electron chi connectivity index (χ0n) is 14.0. The second-order valence-corrected chi connectivity index (χ2v) is 5.84. The van der Waals surface area contributed by atoms with E-state index >= 15 is 0 Å². The molecule has 124 valence electrons. The molecule has 1 heterocycles. The van der Waals surface area contributed by atoms with E-state index in [1.165, 1.54) is 0 Å². The molecule has 0 aliphatic heterocycles. The fourth-order valence-corrected chi connectivity index (χ4v) is 2.71. The van der Waals surface area contributed by atoms with Crippen molar-refractivity contribution >= 4 is 0 Å². The number of nitrogens with zero attached hydrogens (tertiary/aromatic N) is 1. The fraction of sp³-hybridized carbons (Fsp3) is 0. The Bertz CT molecular complexity index is 1090. The topological polar surface area (TPSA) is 48.9 Å². The second-order valence-electron chi connectivity index (χ2n) is 5.84. The van der Waals surface area contributed by atoms with Crippen LogP contribution in [0.1, 0.15) is 11.3 Å². The highest BCUT2D eigenvalue weighted by molar-refractivity contribution is 5.71. The third-order valence-electron chi connectivity index (χ3n) is 3.98. The summed E-state index contributed by atoms with van der Waals surface area (Å²) in [4.78, 5) is 8.03. The van der Waals surface area contributed by atoms with E-state index in [0.29, 0.717) is 5.82 Å². The van der Waals surface area contributed by atoms with Crippen molar-refractivity contribution in [2.24, 2.45) is 0 Å². The van der Waals surface area contributed by atoms with Gasteiger partial charge in [-0.2, -0.15) is 0 Å². The highest BCUT2D eigenvalue weighted by Crippen LogP contribution is 2.27. The molecule has 26 heavy (non-hydrogen) atoms. The molecular weight excluding hydrogens is 320 g/mol. The van der Waals surface area contributed by atoms with Crippen LogP contribution in [0.15, 0.2) is 84.9 Å². The molecule has 0 saturated heterocycles. The Morgan fingerprint density at radius 1 is 0.731 bits per heavy atom. The van der Waals surface area contributed by atoms with Gasteiger partial charge in [-0.1, -0.05) is 66.6 Å². The summed E-state index contributed by atoms with van der Waals surface area (Å²) in [6.07, 6.45) is 0. The standard InChI is InChI=1S/C23H16N2O/c26-20-13-7-12-19(16-20)23-24-21(15-14-17-8-3-1-4-9-17)22(25-23)18-10-5-2-6-11-18/h1-13,16,26H,(H,24,25). The Labute approximate surface area is 152 Å². The van der Waals surface area contributed by atoms with Gasteiger partial charge < -0.3 is 10.1 Å². The van der Waals surface area contributed by atoms with Gasteiger partial charge in [0.15, 0.2) is 0 Å². The molecule has 4 rings (SSSR count). The van der Waals surface area contributed by atoms with Crippen LogP contribution in [0.4, 0.5) is 0 Å². The largest absolute Gasteiger partial charge is 0.508 e. The molecule has 0 fully saturated rings. The molecule has 0 radical (unpaired) electrons. The van der Waals surface area contributed by atoms with Gasteiger partial charge in [-0.25, -0.2) is 4.98 Å². The molecule has 3 heteroatoms. The first-order valence-corrected chi connectivity index (χ1v) is 8.31. The van der Waals surface area contributed by atoms with Crippen molar-refractivity contribution < 1.29 is 5.11 Å². The third kappa shape index (κ3) is 3.35. The SMILES string of the molecule is Oc1cccc(-c2nc(-c3ccccc3)c(C#Cc3ccccc3)[nH]2)c1. The number of phenolic OH excluding ortho intramolecular Hbond substituents is 1. The molecule has 0 spiro atoms. The van der Waals surface area contributed by atoms with E-state index < -0.39 is 0 Å². The summed E-state index contributed by atoms with van der Waals surface area (Å²) in [5.41, 5.74) is 4.30. The minimum atomic E-state index is 0.206. The molecule has 1 aromatic heterocycles. The van der Waals surface area contributed by atoms with Crippen LogP contribution < -0.4 is 0 Å². The van der Waals surface area contributed by atoms with Crippen molar-refractivity contribution in [3.8, 4) is 40.2 Å². The van der Waals surface area contributed by atoms with Crippen LogP contribution in [-0.2, 0) is 0 Å². The predicted octanol–water partition coefficient (Wildman–Crippen LogP) is 4.85. The number of H-pyrrole nitrogens is 1. The number of imidazole rings is 1. The first-order chi connectivity index (χ1) is 12.8. The molecule has 0 saturated carbocycles. The van der Waals surface area contributed by atoms with Gasteiger partial charge in [-0.3, -0.25) is 0 Å². The molecular formula is C23H16N2O. The summed E-state index contributed by atoms with van der Waals surface area (Å²) < 4.78 is 0. The molecule has 0 atom stereocenters. The number of nitrogens with one attached hydrogen (secondary N) is 1. The van der Waals surface area contributed by atoms with E-state index in [1.54, 1.807) is 18.2 Å². The normalized spacial score (nSPS) is 10.2. The summed E-state index contributed by atoms with van der Waals surface area (Å²) in [7, 11) is 0. The van der Waals surface area contributed by atoms with Gasteiger partial charge in [0.2, 0.25) is 0 Å². The van der Waals surface area contributed by atoms with E-state index in [2.05, 4.69) is 16.8 Å². The van der Waals surface area contributed by atoms with Crippen molar-refractivity contribution in [3.05, 3.63) is 96.2 Å². The van der Waals surface area contributed by atoms with Crippen LogP contribution in [0.25, 0.3) is 22.6 Å². The van der Waals surface area contributed by atoms with Crippen molar-refractivity contribution in [1.29, 1.82) is 0 Å². The van der Waals surface area contributed by atoms with Crippen LogP contribution in [0.5, 0.6) is 5.75 Å². The predicted molar refractivity (Wildman–Crippen MR) is 104 cm³/mol. The fourth-order valence-electron chi connectivity index (χ4n) is 2.71. The molecule has 0 aliphatic carbocycles. The number of phenols is 1. The third-order valence-corrected chi connectivity index (χ3v) is 3.98. The maximum atomic E-state index is 9.75. The monoisotopic (exact) mass is 336 g/mol. The quantitative estimate of drug-likeness (QED) is 0.514. The van der Waals surface area contributed by atoms with Gasteiger partial charge in [-0.15, -0.1) is 0 Å². The van der Waals surface area contributed by atoms with E-state index in [0.717, 1.165) is 28.1 Å². The van der Waals surface area contributed by atoms with E-state index in [4.69, 9.17) is 4.98 Å². The lowest BCUT2D eigenvalue weighted by Crippen LogP contribution is -1.82. The number of rotatable bonds is 2. The Balaban J connectivity index is 1.82. The zero-order valence-corrected chi connectivity index (χ0v) is 14.0. The Morgan fingerprint density at radius 3 is 2.15 bits per heavy atom. The van der Waals surface area contributed by atoms with Gasteiger partial charge in [0, 0.05) is 16.7 Å². The maximum absolute atomic E-state index is 9.75. The number of aromatic nitrogens is 2. The highest BCUT2D eigenvalue weighted by Gasteiger charge is 2.12. The summed E-state index contributed by atoms with van der Waals surface area (Å²) in [6, 6.07) is 26.8. The van der Waals surface area contributed by atoms with Gasteiger partial charge in [0.25, 0.3) is 0 Å². The number of hydrogen-bond acceptors (Lipinski definition) is 2. The zero-order chi connectivity index (χ0) is 17.8. The molecule has 0 unspecified atom stereocenters. The smallest absolute Gasteiger partial charge is 0.139 e. The van der Waals surface area contributed by atoms with Crippen LogP contribution in [0, 0.1) is 11.8 Å². The minimum Gasteiger partial charge on any atom is -0.508 e. The lowest BCUT2D eigenvalue weighted by atomic mass is 10.1. The van der Waals surface area contributed by atoms with Gasteiger partial charge >= 0.3 is 0 Å². The number of benzene rings is 3. The minimum absolute atomic E-state index is 0.206. The number of aromatic hydroxyl groups is 1. The Morgan fingerprint density at radius 2 is 1.42 bits per heavy atom. The molecule has 3 aromatic carbocycles. The van der Waals surface area contributed by atoms with Crippen LogP contribution in [0.2, 0.25) is 0 Å². The summed E-state index contributed by atoms with van der Waals surface area (Å²) >= 11 is 0. The van der Waals surface area contributed by atoms with Crippen LogP contribution >= 0.6 is 0 Å². The van der Waals surface area contributed by atoms with E-state index in [1.807, 2.05) is 66.7 Å². The number of aromatic amines is 1. The maximum Gasteiger partial charge on any atom is 0.139 e. The van der Waals surface area contributed by atoms with Crippen molar-refractivity contribution in [2.45, 2.75) is 0 Å². The van der Waals surface area contributed by atoms with Crippen molar-refractivity contribution in [2.75, 3.05) is 0 Å². The molecule has 2 N–H and O–H groups in total. The van der Waals surface area contributed by atoms with Gasteiger partial charge in [0.1, 0.15) is 23.0 Å². The highest BCUT2D eigenvalue weighted by atomic mass is 16.3. The molecule has 0 amide bonds.